The van der Waals surface area contributed by atoms with Gasteiger partial charge in [0.2, 0.25) is 0 Å². The Labute approximate surface area is 203 Å². The first kappa shape index (κ1) is 24.2. The highest BCUT2D eigenvalue weighted by Gasteiger charge is 2.17. The summed E-state index contributed by atoms with van der Waals surface area (Å²) in [5, 5.41) is 7.86. The number of nitrogens with zero attached hydrogens (tertiary/aromatic N) is 1. The second kappa shape index (κ2) is 11.4. The molecule has 2 aromatic carbocycles. The van der Waals surface area contributed by atoms with Crippen LogP contribution in [0.5, 0.6) is 0 Å². The Kier molecular flexibility index (Phi) is 8.12. The van der Waals surface area contributed by atoms with Crippen LogP contribution in [-0.2, 0) is 6.54 Å². The predicted octanol–water partition coefficient (Wildman–Crippen LogP) is 7.28. The van der Waals surface area contributed by atoms with Crippen molar-refractivity contribution in [3.05, 3.63) is 77.0 Å². The lowest BCUT2D eigenvalue weighted by atomic mass is 10.0. The van der Waals surface area contributed by atoms with E-state index >= 15 is 0 Å². The molecule has 1 saturated carbocycles. The van der Waals surface area contributed by atoms with Crippen LogP contribution in [0, 0.1) is 12.8 Å². The van der Waals surface area contributed by atoms with Crippen molar-refractivity contribution in [2.45, 2.75) is 71.9 Å². The third-order valence-electron chi connectivity index (χ3n) is 6.64. The number of hydrogen-bond acceptors (Lipinski definition) is 3. The molecule has 1 amide bonds. The molecule has 0 unspecified atom stereocenters. The molecule has 1 aliphatic carbocycles. The number of benzene rings is 2. The summed E-state index contributed by atoms with van der Waals surface area (Å²) in [6, 6.07) is 14.6. The molecule has 4 rings (SSSR count). The van der Waals surface area contributed by atoms with Gasteiger partial charge in [-0.25, -0.2) is 0 Å². The van der Waals surface area contributed by atoms with Gasteiger partial charge in [-0.05, 0) is 79.5 Å². The molecule has 4 nitrogen and oxygen atoms in total. The third-order valence-corrected chi connectivity index (χ3v) is 6.64. The number of nitrogens with one attached hydrogen (secondary N) is 2. The number of anilines is 1. The number of amides is 1. The largest absolute Gasteiger partial charge is 0.322 e. The van der Waals surface area contributed by atoms with Crippen LogP contribution in [0.4, 0.5) is 5.69 Å². The maximum atomic E-state index is 12.8. The highest BCUT2D eigenvalue weighted by molar-refractivity contribution is 6.06. The van der Waals surface area contributed by atoms with Gasteiger partial charge in [0, 0.05) is 35.4 Å². The summed E-state index contributed by atoms with van der Waals surface area (Å²) in [5.74, 6) is 0.651. The van der Waals surface area contributed by atoms with Gasteiger partial charge in [-0.2, -0.15) is 0 Å². The van der Waals surface area contributed by atoms with Crippen molar-refractivity contribution < 1.29 is 4.79 Å². The number of allylic oxidation sites excluding steroid dienone is 1. The Morgan fingerprint density at radius 1 is 1.09 bits per heavy atom. The fourth-order valence-corrected chi connectivity index (χ4v) is 4.41. The molecular weight excluding hydrogens is 418 g/mol. The number of aryl methyl sites for hydroxylation is 1. The van der Waals surface area contributed by atoms with Gasteiger partial charge in [-0.1, -0.05) is 57.0 Å². The van der Waals surface area contributed by atoms with E-state index < -0.39 is 0 Å². The summed E-state index contributed by atoms with van der Waals surface area (Å²) >= 11 is 0. The minimum atomic E-state index is -0.0983. The van der Waals surface area contributed by atoms with Gasteiger partial charge in [0.05, 0.1) is 5.52 Å². The second-order valence-corrected chi connectivity index (χ2v) is 9.58. The van der Waals surface area contributed by atoms with Gasteiger partial charge < -0.3 is 10.6 Å². The van der Waals surface area contributed by atoms with Gasteiger partial charge >= 0.3 is 0 Å². The Morgan fingerprint density at radius 2 is 1.82 bits per heavy atom. The normalized spacial score (nSPS) is 13.8. The SMILES string of the molecule is CCCC(CCC)NCc1cnc2c(C)c(NC(=O)c3ccc(/C=C/C4CC4)cc3)ccc2c1. The lowest BCUT2D eigenvalue weighted by Gasteiger charge is -2.17. The number of hydrogen-bond donors (Lipinski definition) is 2. The summed E-state index contributed by atoms with van der Waals surface area (Å²) in [6.45, 7) is 7.33. The van der Waals surface area contributed by atoms with Crippen LogP contribution >= 0.6 is 0 Å². The van der Waals surface area contributed by atoms with Crippen molar-refractivity contribution in [3.63, 3.8) is 0 Å². The van der Waals surface area contributed by atoms with Crippen molar-refractivity contribution in [1.82, 2.24) is 10.3 Å². The van der Waals surface area contributed by atoms with E-state index in [1.807, 2.05) is 43.5 Å². The quantitative estimate of drug-likeness (QED) is 0.319. The highest BCUT2D eigenvalue weighted by atomic mass is 16.1. The zero-order valence-electron chi connectivity index (χ0n) is 20.7. The Balaban J connectivity index is 1.42. The minimum Gasteiger partial charge on any atom is -0.322 e. The molecular formula is C30H37N3O. The molecule has 0 bridgehead atoms. The van der Waals surface area contributed by atoms with E-state index in [0.29, 0.717) is 11.6 Å². The van der Waals surface area contributed by atoms with Crippen LogP contribution in [-0.4, -0.2) is 16.9 Å². The van der Waals surface area contributed by atoms with Gasteiger partial charge in [0.15, 0.2) is 0 Å². The van der Waals surface area contributed by atoms with Crippen LogP contribution in [0.1, 0.15) is 79.4 Å². The van der Waals surface area contributed by atoms with E-state index in [2.05, 4.69) is 48.8 Å². The maximum Gasteiger partial charge on any atom is 0.255 e. The fraction of sp³-hybridized carbons (Fsp3) is 0.400. The molecule has 1 aromatic heterocycles. The minimum absolute atomic E-state index is 0.0983. The van der Waals surface area contributed by atoms with Crippen LogP contribution in [0.15, 0.2) is 54.7 Å². The summed E-state index contributed by atoms with van der Waals surface area (Å²) in [5.41, 5.74) is 5.71. The number of fused-ring (bicyclic) bond motifs is 1. The van der Waals surface area contributed by atoms with E-state index in [1.165, 1.54) is 44.1 Å². The molecule has 1 fully saturated rings. The number of carbonyl (C=O) groups is 1. The van der Waals surface area contributed by atoms with E-state index in [0.717, 1.165) is 40.2 Å². The molecule has 0 radical (unpaired) electrons. The molecule has 1 aliphatic rings. The molecule has 1 heterocycles. The summed E-state index contributed by atoms with van der Waals surface area (Å²) < 4.78 is 0. The van der Waals surface area contributed by atoms with Gasteiger partial charge in [-0.3, -0.25) is 9.78 Å². The average Bonchev–Trinajstić information content (AvgIpc) is 3.68. The van der Waals surface area contributed by atoms with Crippen molar-refractivity contribution in [2.24, 2.45) is 5.92 Å². The summed E-state index contributed by atoms with van der Waals surface area (Å²) in [4.78, 5) is 17.6. The first-order valence-corrected chi connectivity index (χ1v) is 12.8. The molecule has 0 spiro atoms. The molecule has 34 heavy (non-hydrogen) atoms. The van der Waals surface area contributed by atoms with Crippen LogP contribution in [0.3, 0.4) is 0 Å². The molecule has 3 aromatic rings. The number of carbonyl (C=O) groups excluding carboxylic acids is 1. The first-order chi connectivity index (χ1) is 16.6. The topological polar surface area (TPSA) is 54.0 Å². The molecule has 178 valence electrons. The van der Waals surface area contributed by atoms with Crippen molar-refractivity contribution in [2.75, 3.05) is 5.32 Å². The highest BCUT2D eigenvalue weighted by Crippen LogP contribution is 2.31. The molecule has 0 aliphatic heterocycles. The zero-order valence-corrected chi connectivity index (χ0v) is 20.7. The smallest absolute Gasteiger partial charge is 0.255 e. The average molecular weight is 456 g/mol. The Morgan fingerprint density at radius 3 is 2.50 bits per heavy atom. The molecule has 2 N–H and O–H groups in total. The zero-order chi connectivity index (χ0) is 23.9. The number of rotatable bonds is 11. The summed E-state index contributed by atoms with van der Waals surface area (Å²) in [7, 11) is 0. The Hall–Kier alpha value is -2.98. The van der Waals surface area contributed by atoms with Crippen LogP contribution in [0.2, 0.25) is 0 Å². The predicted molar refractivity (Wildman–Crippen MR) is 143 cm³/mol. The van der Waals surface area contributed by atoms with Gasteiger partial charge in [0.1, 0.15) is 0 Å². The first-order valence-electron chi connectivity index (χ1n) is 12.8. The standard InChI is InChI=1S/C30H37N3O/c1-4-6-27(7-5-2)31-19-24-18-26-16-17-28(21(3)29(26)32-20-24)33-30(34)25-14-12-23(13-15-25)11-10-22-8-9-22/h10-18,20,22,27,31H,4-9,19H2,1-3H3,(H,33,34)/b11-10+. The van der Waals surface area contributed by atoms with Crippen molar-refractivity contribution >= 4 is 28.6 Å². The Bertz CT molecular complexity index is 1140. The van der Waals surface area contributed by atoms with E-state index in [-0.39, 0.29) is 5.91 Å². The maximum absolute atomic E-state index is 12.8. The third kappa shape index (κ3) is 6.32. The van der Waals surface area contributed by atoms with Gasteiger partial charge in [0.25, 0.3) is 5.91 Å². The van der Waals surface area contributed by atoms with Crippen molar-refractivity contribution in [3.8, 4) is 0 Å². The van der Waals surface area contributed by atoms with E-state index in [9.17, 15) is 4.79 Å². The van der Waals surface area contributed by atoms with Crippen LogP contribution in [0.25, 0.3) is 17.0 Å². The lowest BCUT2D eigenvalue weighted by Crippen LogP contribution is -2.28. The number of aromatic nitrogens is 1. The van der Waals surface area contributed by atoms with Gasteiger partial charge in [-0.15, -0.1) is 0 Å². The van der Waals surface area contributed by atoms with Crippen molar-refractivity contribution in [1.29, 1.82) is 0 Å². The fourth-order valence-electron chi connectivity index (χ4n) is 4.41. The van der Waals surface area contributed by atoms with E-state index in [4.69, 9.17) is 4.98 Å². The molecule has 4 heteroatoms. The monoisotopic (exact) mass is 455 g/mol. The molecule has 0 atom stereocenters. The lowest BCUT2D eigenvalue weighted by molar-refractivity contribution is 0.102. The second-order valence-electron chi connectivity index (χ2n) is 9.58. The van der Waals surface area contributed by atoms with Crippen LogP contribution < -0.4 is 10.6 Å². The summed E-state index contributed by atoms with van der Waals surface area (Å²) in [6.07, 6.45) is 13.8. The number of pyridine rings is 1. The molecule has 0 saturated heterocycles. The van der Waals surface area contributed by atoms with E-state index in [1.54, 1.807) is 0 Å².